The van der Waals surface area contributed by atoms with Crippen molar-refractivity contribution >= 4 is 17.6 Å². The number of anilines is 1. The van der Waals surface area contributed by atoms with Crippen LogP contribution in [0.1, 0.15) is 46.1 Å². The Morgan fingerprint density at radius 1 is 1.29 bits per heavy atom. The highest BCUT2D eigenvalue weighted by Gasteiger charge is 2.81. The molecule has 5 unspecified atom stereocenters. The van der Waals surface area contributed by atoms with Gasteiger partial charge in [0.05, 0.1) is 13.2 Å². The van der Waals surface area contributed by atoms with Gasteiger partial charge in [-0.1, -0.05) is 36.8 Å². The molecule has 3 aliphatic heterocycles. The quantitative estimate of drug-likeness (QED) is 0.593. The Balaban J connectivity index is 1.89. The first kappa shape index (κ1) is 20.6. The van der Waals surface area contributed by atoms with E-state index in [1.807, 2.05) is 12.1 Å². The lowest BCUT2D eigenvalue weighted by Crippen LogP contribution is -2.84. The molecule has 0 aromatic heterocycles. The Bertz CT molecular complexity index is 1000. The van der Waals surface area contributed by atoms with Crippen LogP contribution in [0, 0.1) is 10.8 Å². The Labute approximate surface area is 184 Å². The average molecular weight is 425 g/mol. The molecule has 4 aliphatic rings. The molecule has 3 bridgehead atoms. The molecule has 0 amide bonds. The summed E-state index contributed by atoms with van der Waals surface area (Å²) in [5, 5.41) is 3.82. The molecule has 31 heavy (non-hydrogen) atoms. The van der Waals surface area contributed by atoms with Crippen molar-refractivity contribution in [3.05, 3.63) is 41.5 Å². The number of piperidine rings is 2. The van der Waals surface area contributed by atoms with Gasteiger partial charge in [0, 0.05) is 42.1 Å². The van der Waals surface area contributed by atoms with Crippen LogP contribution in [0.15, 0.2) is 35.9 Å². The van der Waals surface area contributed by atoms with Crippen molar-refractivity contribution in [3.8, 4) is 0 Å². The summed E-state index contributed by atoms with van der Waals surface area (Å²) < 4.78 is 11.3. The number of carbonyl (C=O) groups is 2. The van der Waals surface area contributed by atoms with Crippen molar-refractivity contribution < 1.29 is 19.1 Å². The number of para-hydroxylation sites is 1. The summed E-state index contributed by atoms with van der Waals surface area (Å²) in [6, 6.07) is 8.35. The van der Waals surface area contributed by atoms with Gasteiger partial charge in [-0.2, -0.15) is 0 Å². The summed E-state index contributed by atoms with van der Waals surface area (Å²) >= 11 is 0. The fraction of sp³-hybridized carbons (Fsp3) is 0.600. The second-order valence-electron chi connectivity index (χ2n) is 10.1. The van der Waals surface area contributed by atoms with Gasteiger partial charge in [0.25, 0.3) is 0 Å². The van der Waals surface area contributed by atoms with Crippen molar-refractivity contribution in [2.24, 2.45) is 10.8 Å². The molecule has 1 N–H and O–H groups in total. The van der Waals surface area contributed by atoms with Gasteiger partial charge in [0.2, 0.25) is 0 Å². The summed E-state index contributed by atoms with van der Waals surface area (Å²) in [5.41, 5.74) is 1.23. The molecular weight excluding hydrogens is 392 g/mol. The minimum atomic E-state index is -1.03. The van der Waals surface area contributed by atoms with E-state index in [1.165, 1.54) is 19.6 Å². The zero-order chi connectivity index (χ0) is 22.2. The zero-order valence-corrected chi connectivity index (χ0v) is 19.1. The molecule has 1 aliphatic carbocycles. The highest BCUT2D eigenvalue weighted by Crippen LogP contribution is 2.74. The van der Waals surface area contributed by atoms with Crippen LogP contribution in [0.4, 0.5) is 5.69 Å². The molecule has 2 saturated heterocycles. The molecule has 1 aromatic carbocycles. The van der Waals surface area contributed by atoms with Crippen LogP contribution < -0.4 is 5.32 Å². The van der Waals surface area contributed by atoms with Crippen molar-refractivity contribution in [2.45, 2.75) is 57.5 Å². The fourth-order valence-electron chi connectivity index (χ4n) is 7.99. The van der Waals surface area contributed by atoms with E-state index in [-0.39, 0.29) is 30.1 Å². The Morgan fingerprint density at radius 3 is 2.71 bits per heavy atom. The average Bonchev–Trinajstić information content (AvgIpc) is 3.09. The van der Waals surface area contributed by atoms with E-state index in [0.717, 1.165) is 37.2 Å². The van der Waals surface area contributed by atoms with Gasteiger partial charge in [-0.3, -0.25) is 14.5 Å². The van der Waals surface area contributed by atoms with Crippen LogP contribution in [-0.4, -0.2) is 55.2 Å². The van der Waals surface area contributed by atoms with Gasteiger partial charge in [-0.25, -0.2) is 0 Å². The molecule has 0 radical (unpaired) electrons. The maximum Gasteiger partial charge on any atom is 0.317 e. The van der Waals surface area contributed by atoms with Crippen LogP contribution in [0.2, 0.25) is 0 Å². The smallest absolute Gasteiger partial charge is 0.317 e. The number of ether oxygens (including phenoxy) is 2. The van der Waals surface area contributed by atoms with E-state index >= 15 is 0 Å². The third-order valence-corrected chi connectivity index (χ3v) is 9.18. The predicted molar refractivity (Wildman–Crippen MR) is 118 cm³/mol. The molecular formula is C25H32N2O4. The summed E-state index contributed by atoms with van der Waals surface area (Å²) in [6.45, 7) is 9.71. The van der Waals surface area contributed by atoms with E-state index in [2.05, 4.69) is 49.2 Å². The van der Waals surface area contributed by atoms with E-state index in [1.54, 1.807) is 0 Å². The highest BCUT2D eigenvalue weighted by atomic mass is 16.5. The first-order chi connectivity index (χ1) is 14.7. The van der Waals surface area contributed by atoms with Crippen molar-refractivity contribution in [1.82, 2.24) is 4.90 Å². The number of benzene rings is 1. The van der Waals surface area contributed by atoms with Gasteiger partial charge >= 0.3 is 11.9 Å². The minimum absolute atomic E-state index is 0.0193. The third-order valence-electron chi connectivity index (χ3n) is 9.18. The van der Waals surface area contributed by atoms with Crippen LogP contribution in [0.25, 0.3) is 0 Å². The number of carbonyl (C=O) groups excluding carboxylic acids is 2. The van der Waals surface area contributed by atoms with Crippen molar-refractivity contribution in [3.63, 3.8) is 0 Å². The molecule has 5 rings (SSSR count). The number of fused-ring (bicyclic) bond motifs is 2. The van der Waals surface area contributed by atoms with Gasteiger partial charge < -0.3 is 14.8 Å². The number of nitrogens with one attached hydrogen (secondary N) is 1. The van der Waals surface area contributed by atoms with Crippen LogP contribution in [0.5, 0.6) is 0 Å². The zero-order valence-electron chi connectivity index (χ0n) is 19.1. The Morgan fingerprint density at radius 2 is 2.03 bits per heavy atom. The summed E-state index contributed by atoms with van der Waals surface area (Å²) in [6.07, 6.45) is 3.76. The van der Waals surface area contributed by atoms with E-state index < -0.39 is 16.2 Å². The largest absolute Gasteiger partial charge is 0.468 e. The molecule has 0 spiro atoms. The van der Waals surface area contributed by atoms with Crippen LogP contribution >= 0.6 is 0 Å². The van der Waals surface area contributed by atoms with E-state index in [9.17, 15) is 9.59 Å². The van der Waals surface area contributed by atoms with Crippen LogP contribution in [0.3, 0.4) is 0 Å². The second kappa shape index (κ2) is 6.35. The number of nitrogens with zero attached hydrogens (tertiary/aromatic N) is 1. The first-order valence-electron chi connectivity index (χ1n) is 11.2. The first-order valence-corrected chi connectivity index (χ1v) is 11.2. The monoisotopic (exact) mass is 424 g/mol. The molecule has 6 heteroatoms. The molecule has 6 nitrogen and oxygen atoms in total. The number of methoxy groups -OCH3 is 1. The minimum Gasteiger partial charge on any atom is -0.468 e. The standard InChI is InChI=1S/C25H32N2O4/c1-6-17-13-27-12-11-24-18-9-7-8-10-19(18)26-20(24)23(27,4)14-22(17,3)25(24,21(29)30-5)15-31-16(2)28/h6-10,20,26H,11-15H2,1-5H3. The summed E-state index contributed by atoms with van der Waals surface area (Å²) in [5.74, 6) is -0.654. The van der Waals surface area contributed by atoms with Crippen molar-refractivity contribution in [2.75, 3.05) is 32.1 Å². The molecule has 166 valence electrons. The summed E-state index contributed by atoms with van der Waals surface area (Å²) in [7, 11) is 1.46. The molecule has 3 heterocycles. The number of esters is 2. The lowest BCUT2D eigenvalue weighted by Gasteiger charge is -2.74. The third kappa shape index (κ3) is 2.12. The number of hydrogen-bond acceptors (Lipinski definition) is 6. The summed E-state index contributed by atoms with van der Waals surface area (Å²) in [4.78, 5) is 28.7. The highest BCUT2D eigenvalue weighted by molar-refractivity contribution is 5.86. The number of allylic oxidation sites excluding steroid dienone is 1. The number of hydrogen-bond donors (Lipinski definition) is 1. The lowest BCUT2D eigenvalue weighted by molar-refractivity contribution is -0.220. The van der Waals surface area contributed by atoms with Gasteiger partial charge in [-0.05, 0) is 38.3 Å². The maximum absolute atomic E-state index is 14.0. The molecule has 3 fully saturated rings. The van der Waals surface area contributed by atoms with Crippen molar-refractivity contribution in [1.29, 1.82) is 0 Å². The van der Waals surface area contributed by atoms with E-state index in [4.69, 9.17) is 9.47 Å². The fourth-order valence-corrected chi connectivity index (χ4v) is 7.99. The second-order valence-corrected chi connectivity index (χ2v) is 10.1. The lowest BCUT2D eigenvalue weighted by atomic mass is 9.35. The Kier molecular flexibility index (Phi) is 4.21. The van der Waals surface area contributed by atoms with E-state index in [0.29, 0.717) is 0 Å². The topological polar surface area (TPSA) is 67.9 Å². The van der Waals surface area contributed by atoms with Crippen LogP contribution in [-0.2, 0) is 24.5 Å². The molecule has 1 saturated carbocycles. The Hall–Kier alpha value is -2.34. The number of rotatable bonds is 3. The van der Waals surface area contributed by atoms with Gasteiger partial charge in [0.1, 0.15) is 12.0 Å². The molecule has 5 atom stereocenters. The normalized spacial score (nSPS) is 41.3. The SMILES string of the molecule is CC=C1CN2CCC34c5ccccc5NC3C2(C)CC1(C)C4(COC(C)=O)C(=O)OC. The molecule has 1 aromatic rings. The van der Waals surface area contributed by atoms with Gasteiger partial charge in [0.15, 0.2) is 0 Å². The predicted octanol–water partition coefficient (Wildman–Crippen LogP) is 3.28. The maximum atomic E-state index is 14.0. The van der Waals surface area contributed by atoms with Gasteiger partial charge in [-0.15, -0.1) is 0 Å².